The van der Waals surface area contributed by atoms with Crippen LogP contribution in [0.2, 0.25) is 0 Å². The maximum atomic E-state index is 13.3. The zero-order valence-electron chi connectivity index (χ0n) is 16.4. The molecule has 0 spiro atoms. The third kappa shape index (κ3) is 0.948. The van der Waals surface area contributed by atoms with E-state index in [-0.39, 0.29) is 35.5 Å². The van der Waals surface area contributed by atoms with E-state index in [9.17, 15) is 19.8 Å². The molecule has 9 saturated carbocycles. The van der Waals surface area contributed by atoms with Crippen LogP contribution >= 0.6 is 0 Å². The van der Waals surface area contributed by atoms with E-state index >= 15 is 0 Å². The largest absolute Gasteiger partial charge is 0.387 e. The molecule has 148 valence electrons. The summed E-state index contributed by atoms with van der Waals surface area (Å²) < 4.78 is 0. The van der Waals surface area contributed by atoms with Gasteiger partial charge < -0.3 is 10.2 Å². The Kier molecular flexibility index (Phi) is 1.94. The van der Waals surface area contributed by atoms with Gasteiger partial charge in [-0.25, -0.2) is 0 Å². The van der Waals surface area contributed by atoms with Crippen LogP contribution in [0.5, 0.6) is 0 Å². The number of carbonyl (C=O) groups excluding carboxylic acids is 2. The van der Waals surface area contributed by atoms with Crippen molar-refractivity contribution in [2.24, 2.45) is 88.3 Å². The Balaban J connectivity index is 1.27. The van der Waals surface area contributed by atoms with Gasteiger partial charge in [-0.1, -0.05) is 13.8 Å². The number of ketones is 2. The lowest BCUT2D eigenvalue weighted by Crippen LogP contribution is -2.73. The zero-order valence-corrected chi connectivity index (χ0v) is 16.4. The molecular formula is C24H28O4. The molecule has 0 saturated heterocycles. The summed E-state index contributed by atoms with van der Waals surface area (Å²) in [5, 5.41) is 25.0. The van der Waals surface area contributed by atoms with E-state index in [1.54, 1.807) is 0 Å². The van der Waals surface area contributed by atoms with Crippen molar-refractivity contribution in [2.75, 3.05) is 0 Å². The highest BCUT2D eigenvalue weighted by atomic mass is 16.4. The van der Waals surface area contributed by atoms with Crippen LogP contribution in [0, 0.1) is 88.3 Å². The lowest BCUT2D eigenvalue weighted by atomic mass is 9.43. The predicted molar refractivity (Wildman–Crippen MR) is 96.4 cm³/mol. The van der Waals surface area contributed by atoms with Crippen molar-refractivity contribution in [1.29, 1.82) is 0 Å². The van der Waals surface area contributed by atoms with E-state index in [0.29, 0.717) is 65.3 Å². The molecule has 0 aromatic rings. The molecule has 0 aliphatic heterocycles. The van der Waals surface area contributed by atoms with Crippen molar-refractivity contribution < 1.29 is 19.8 Å². The number of aliphatic hydroxyl groups is 2. The molecule has 0 aromatic carbocycles. The summed E-state index contributed by atoms with van der Waals surface area (Å²) in [7, 11) is 0. The van der Waals surface area contributed by atoms with Crippen LogP contribution in [0.4, 0.5) is 0 Å². The van der Waals surface area contributed by atoms with Crippen LogP contribution in [-0.4, -0.2) is 33.0 Å². The van der Waals surface area contributed by atoms with Crippen molar-refractivity contribution in [1.82, 2.24) is 0 Å². The third-order valence-electron chi connectivity index (χ3n) is 13.3. The normalized spacial score (nSPS) is 80.3. The molecule has 4 heteroatoms. The molecule has 28 heavy (non-hydrogen) atoms. The van der Waals surface area contributed by atoms with Crippen LogP contribution in [-0.2, 0) is 9.59 Å². The number of Topliss-reactive ketones (excluding diaryl/α,β-unsaturated/α-hetero) is 2. The second kappa shape index (κ2) is 3.60. The Hall–Kier alpha value is -0.740. The van der Waals surface area contributed by atoms with E-state index in [1.807, 2.05) is 0 Å². The van der Waals surface area contributed by atoms with Crippen LogP contribution in [0.15, 0.2) is 0 Å². The van der Waals surface area contributed by atoms with Gasteiger partial charge in [0.05, 0.1) is 5.60 Å². The molecule has 2 N–H and O–H groups in total. The second-order valence-electron chi connectivity index (χ2n) is 12.8. The first-order chi connectivity index (χ1) is 13.3. The predicted octanol–water partition coefficient (Wildman–Crippen LogP) is 1.53. The molecule has 9 aliphatic rings. The minimum Gasteiger partial charge on any atom is -0.387 e. The topological polar surface area (TPSA) is 74.6 Å². The fourth-order valence-corrected chi connectivity index (χ4v) is 13.5. The number of hydrogen-bond acceptors (Lipinski definition) is 4. The molecule has 9 fully saturated rings. The van der Waals surface area contributed by atoms with E-state index in [0.717, 1.165) is 12.8 Å². The zero-order chi connectivity index (χ0) is 18.9. The van der Waals surface area contributed by atoms with E-state index < -0.39 is 16.6 Å². The minimum absolute atomic E-state index is 0.00806. The first kappa shape index (κ1) is 15.1. The van der Waals surface area contributed by atoms with E-state index in [1.165, 1.54) is 0 Å². The summed E-state index contributed by atoms with van der Waals surface area (Å²) >= 11 is 0. The van der Waals surface area contributed by atoms with Gasteiger partial charge in [0.25, 0.3) is 0 Å². The van der Waals surface area contributed by atoms with Crippen LogP contribution < -0.4 is 0 Å². The second-order valence-corrected chi connectivity index (χ2v) is 12.8. The van der Waals surface area contributed by atoms with Gasteiger partial charge in [-0.3, -0.25) is 9.59 Å². The van der Waals surface area contributed by atoms with Gasteiger partial charge in [0, 0.05) is 40.9 Å². The SMILES string of the molecule is CC1C(=O)C2C3CC4C(CC(O)(C5(O)C6C7CC8C6C(=O)C6(C)C8C7C65)C42)C13. The molecule has 9 rings (SSSR count). The molecule has 17 atom stereocenters. The molecule has 0 heterocycles. The van der Waals surface area contributed by atoms with Crippen molar-refractivity contribution in [3.63, 3.8) is 0 Å². The number of hydrogen-bond donors (Lipinski definition) is 2. The number of carbonyl (C=O) groups is 2. The Morgan fingerprint density at radius 2 is 1.61 bits per heavy atom. The lowest BCUT2D eigenvalue weighted by molar-refractivity contribution is -0.265. The quantitative estimate of drug-likeness (QED) is 0.724. The Labute approximate surface area is 164 Å². The molecule has 0 radical (unpaired) electrons. The maximum Gasteiger partial charge on any atom is 0.143 e. The Morgan fingerprint density at radius 1 is 0.857 bits per heavy atom. The van der Waals surface area contributed by atoms with Crippen molar-refractivity contribution >= 4 is 11.6 Å². The molecule has 0 aromatic heterocycles. The van der Waals surface area contributed by atoms with E-state index in [2.05, 4.69) is 13.8 Å². The molecule has 0 amide bonds. The fourth-order valence-electron chi connectivity index (χ4n) is 13.5. The summed E-state index contributed by atoms with van der Waals surface area (Å²) in [6.45, 7) is 4.23. The monoisotopic (exact) mass is 380 g/mol. The van der Waals surface area contributed by atoms with Gasteiger partial charge in [0.15, 0.2) is 0 Å². The highest BCUT2D eigenvalue weighted by Crippen LogP contribution is 2.91. The summed E-state index contributed by atoms with van der Waals surface area (Å²) in [6, 6.07) is 0. The van der Waals surface area contributed by atoms with Gasteiger partial charge >= 0.3 is 0 Å². The van der Waals surface area contributed by atoms with Crippen LogP contribution in [0.1, 0.15) is 33.1 Å². The van der Waals surface area contributed by atoms with Gasteiger partial charge in [-0.15, -0.1) is 0 Å². The van der Waals surface area contributed by atoms with Crippen molar-refractivity contribution in [3.05, 3.63) is 0 Å². The van der Waals surface area contributed by atoms with Crippen molar-refractivity contribution in [2.45, 2.75) is 44.3 Å². The summed E-state index contributed by atoms with van der Waals surface area (Å²) in [5.41, 5.74) is -2.67. The van der Waals surface area contributed by atoms with E-state index in [4.69, 9.17) is 0 Å². The van der Waals surface area contributed by atoms with Crippen molar-refractivity contribution in [3.8, 4) is 0 Å². The minimum atomic E-state index is -1.14. The van der Waals surface area contributed by atoms with Gasteiger partial charge in [-0.05, 0) is 66.6 Å². The number of fused-ring (bicyclic) bond motifs is 4. The first-order valence-electron chi connectivity index (χ1n) is 11.8. The average Bonchev–Trinajstić information content (AvgIpc) is 3.42. The van der Waals surface area contributed by atoms with Crippen LogP contribution in [0.25, 0.3) is 0 Å². The lowest BCUT2D eigenvalue weighted by Gasteiger charge is -2.62. The third-order valence-corrected chi connectivity index (χ3v) is 13.3. The van der Waals surface area contributed by atoms with Gasteiger partial charge in [-0.2, -0.15) is 0 Å². The Morgan fingerprint density at radius 3 is 2.39 bits per heavy atom. The maximum absolute atomic E-state index is 13.3. The summed E-state index contributed by atoms with van der Waals surface area (Å²) in [4.78, 5) is 26.5. The van der Waals surface area contributed by atoms with Crippen LogP contribution in [0.3, 0.4) is 0 Å². The summed E-state index contributed by atoms with van der Waals surface area (Å²) in [5.74, 6) is 4.34. The first-order valence-corrected chi connectivity index (χ1v) is 11.8. The fraction of sp³-hybridized carbons (Fsp3) is 0.917. The smallest absolute Gasteiger partial charge is 0.143 e. The number of rotatable bonds is 1. The summed E-state index contributed by atoms with van der Waals surface area (Å²) in [6.07, 6.45) is 2.88. The molecule has 4 bridgehead atoms. The molecule has 4 nitrogen and oxygen atoms in total. The molecule has 9 aliphatic carbocycles. The molecular weight excluding hydrogens is 352 g/mol. The standard InChI is InChI=1S/C24H28O4/c1-6-12-8-3-7-11(12)5-23(27,17(7)13(8)19(6)25)24(28)18-9-4-10-15(18)21(26)22(2)16(10)14(9)20(22)24/h6-18,20,27-28H,3-5H2,1-2H3. The average molecular weight is 380 g/mol. The van der Waals surface area contributed by atoms with Gasteiger partial charge in [0.2, 0.25) is 0 Å². The highest BCUT2D eigenvalue weighted by Gasteiger charge is 2.95. The highest BCUT2D eigenvalue weighted by molar-refractivity contribution is 5.95. The Bertz CT molecular complexity index is 943. The van der Waals surface area contributed by atoms with Gasteiger partial charge in [0.1, 0.15) is 17.2 Å². The molecule has 17 unspecified atom stereocenters.